The highest BCUT2D eigenvalue weighted by Crippen LogP contribution is 2.64. The molecule has 3 rings (SSSR count). The maximum atomic E-state index is 13.5. The van der Waals surface area contributed by atoms with Gasteiger partial charge in [-0.2, -0.15) is 12.7 Å². The number of benzene rings is 1. The number of fused-ring (bicyclic) bond motifs is 2. The van der Waals surface area contributed by atoms with Crippen LogP contribution in [0.4, 0.5) is 0 Å². The van der Waals surface area contributed by atoms with Gasteiger partial charge in [0.05, 0.1) is 18.1 Å². The van der Waals surface area contributed by atoms with E-state index in [-0.39, 0.29) is 54.1 Å². The van der Waals surface area contributed by atoms with Crippen molar-refractivity contribution < 1.29 is 30.6 Å². The van der Waals surface area contributed by atoms with Gasteiger partial charge in [0, 0.05) is 32.0 Å². The summed E-state index contributed by atoms with van der Waals surface area (Å²) in [4.78, 5) is 12.9. The molecule has 0 N–H and O–H groups in total. The highest BCUT2D eigenvalue weighted by atomic mass is 32.2. The van der Waals surface area contributed by atoms with Crippen LogP contribution in [0.1, 0.15) is 45.6 Å². The van der Waals surface area contributed by atoms with Gasteiger partial charge in [-0.1, -0.05) is 26.0 Å². The van der Waals surface area contributed by atoms with Gasteiger partial charge in [0.15, 0.2) is 0 Å². The van der Waals surface area contributed by atoms with E-state index in [0.717, 1.165) is 6.42 Å². The number of hydrogen-bond acceptors (Lipinski definition) is 7. The van der Waals surface area contributed by atoms with Gasteiger partial charge in [0.25, 0.3) is 0 Å². The molecule has 10 heteroatoms. The summed E-state index contributed by atoms with van der Waals surface area (Å²) in [5, 5.41) is 0. The first kappa shape index (κ1) is 25.1. The summed E-state index contributed by atoms with van der Waals surface area (Å²) in [6.45, 7) is 6.02. The number of methoxy groups -OCH3 is 1. The minimum atomic E-state index is -3.76. The average Bonchev–Trinajstić information content (AvgIpc) is 3.06. The van der Waals surface area contributed by atoms with E-state index in [1.807, 2.05) is 13.8 Å². The molecular weight excluding hydrogens is 454 g/mol. The number of rotatable bonds is 11. The third kappa shape index (κ3) is 4.73. The second-order valence-corrected chi connectivity index (χ2v) is 13.2. The maximum absolute atomic E-state index is 13.5. The first-order chi connectivity index (χ1) is 14.9. The lowest BCUT2D eigenvalue weighted by Crippen LogP contribution is -2.47. The van der Waals surface area contributed by atoms with Gasteiger partial charge in [0.1, 0.15) is 11.5 Å². The quantitative estimate of drug-likeness (QED) is 0.442. The number of Topliss-reactive ketones (excluding diaryl/α,β-unsaturated/α-hetero) is 1. The Kier molecular flexibility index (Phi) is 7.10. The third-order valence-electron chi connectivity index (χ3n) is 7.37. The summed E-state index contributed by atoms with van der Waals surface area (Å²) in [6, 6.07) is 6.30. The van der Waals surface area contributed by atoms with Gasteiger partial charge in [-0.25, -0.2) is 8.42 Å². The fourth-order valence-corrected chi connectivity index (χ4v) is 7.78. The molecule has 0 aromatic heterocycles. The van der Waals surface area contributed by atoms with Gasteiger partial charge in [-0.3, -0.25) is 4.79 Å². The molecule has 1 aromatic rings. The van der Waals surface area contributed by atoms with Crippen molar-refractivity contribution >= 4 is 25.9 Å². The summed E-state index contributed by atoms with van der Waals surface area (Å²) in [6.07, 6.45) is 1.95. The lowest BCUT2D eigenvalue weighted by molar-refractivity contribution is -0.128. The van der Waals surface area contributed by atoms with Gasteiger partial charge in [-0.15, -0.1) is 0 Å². The molecule has 2 saturated carbocycles. The van der Waals surface area contributed by atoms with Gasteiger partial charge < -0.3 is 8.92 Å². The van der Waals surface area contributed by atoms with Gasteiger partial charge in [-0.05, 0) is 48.8 Å². The van der Waals surface area contributed by atoms with E-state index in [9.17, 15) is 21.6 Å². The van der Waals surface area contributed by atoms with Crippen LogP contribution in [-0.2, 0) is 36.2 Å². The van der Waals surface area contributed by atoms with Crippen molar-refractivity contribution in [2.24, 2.45) is 16.7 Å². The van der Waals surface area contributed by atoms with Gasteiger partial charge >= 0.3 is 10.1 Å². The molecule has 180 valence electrons. The highest BCUT2D eigenvalue weighted by molar-refractivity contribution is 7.89. The Hall–Kier alpha value is -1.49. The lowest BCUT2D eigenvalue weighted by Gasteiger charge is -2.37. The number of carbonyl (C=O) groups excluding carboxylic acids is 1. The van der Waals surface area contributed by atoms with Crippen LogP contribution in [0.5, 0.6) is 5.75 Å². The molecule has 8 nitrogen and oxygen atoms in total. The van der Waals surface area contributed by atoms with E-state index in [1.54, 1.807) is 12.1 Å². The van der Waals surface area contributed by atoms with Crippen molar-refractivity contribution in [3.8, 4) is 5.75 Å². The minimum Gasteiger partial charge on any atom is -0.383 e. The predicted octanol–water partition coefficient (Wildman–Crippen LogP) is 2.59. The second-order valence-electron chi connectivity index (χ2n) is 9.32. The fraction of sp³-hybridized carbons (Fsp3) is 0.682. The van der Waals surface area contributed by atoms with Crippen molar-refractivity contribution in [3.63, 3.8) is 0 Å². The Bertz CT molecular complexity index is 1050. The number of hydrogen-bond donors (Lipinski definition) is 0. The van der Waals surface area contributed by atoms with Crippen LogP contribution in [0.25, 0.3) is 0 Å². The largest absolute Gasteiger partial charge is 0.383 e. The Morgan fingerprint density at radius 2 is 1.78 bits per heavy atom. The fourth-order valence-electron chi connectivity index (χ4n) is 5.08. The molecule has 2 unspecified atom stereocenters. The molecule has 0 heterocycles. The predicted molar refractivity (Wildman–Crippen MR) is 121 cm³/mol. The van der Waals surface area contributed by atoms with Crippen LogP contribution < -0.4 is 4.18 Å². The van der Waals surface area contributed by atoms with E-state index in [0.29, 0.717) is 18.4 Å². The Balaban J connectivity index is 1.81. The molecule has 32 heavy (non-hydrogen) atoms. The summed E-state index contributed by atoms with van der Waals surface area (Å²) in [5.41, 5.74) is -0.494. The van der Waals surface area contributed by atoms with Crippen molar-refractivity contribution in [2.75, 3.05) is 31.8 Å². The SMILES string of the molecule is CCS(=O)(=O)Oc1ccc(CN(CCOC)S(=O)(=O)CC23CCC(CC2=O)C3(C)C)cc1. The molecular formula is C22H33NO7S2. The van der Waals surface area contributed by atoms with E-state index in [4.69, 9.17) is 8.92 Å². The zero-order chi connectivity index (χ0) is 23.8. The Morgan fingerprint density at radius 3 is 2.28 bits per heavy atom. The molecule has 2 bridgehead atoms. The first-order valence-corrected chi connectivity index (χ1v) is 14.1. The molecule has 0 spiro atoms. The summed E-state index contributed by atoms with van der Waals surface area (Å²) in [7, 11) is -5.89. The molecule has 1 aromatic carbocycles. The lowest BCUT2D eigenvalue weighted by atomic mass is 9.70. The molecule has 2 atom stereocenters. The molecule has 2 fully saturated rings. The smallest absolute Gasteiger partial charge is 0.308 e. The molecule has 0 radical (unpaired) electrons. The van der Waals surface area contributed by atoms with E-state index in [1.165, 1.54) is 30.5 Å². The van der Waals surface area contributed by atoms with E-state index in [2.05, 4.69) is 0 Å². The normalized spacial score (nSPS) is 24.9. The molecule has 0 saturated heterocycles. The molecule has 0 amide bonds. The average molecular weight is 488 g/mol. The Morgan fingerprint density at radius 1 is 1.12 bits per heavy atom. The number of nitrogens with zero attached hydrogens (tertiary/aromatic N) is 1. The standard InChI is InChI=1S/C22H33NO7S2/c1-5-32(27,28)30-19-8-6-17(7-9-19)15-23(12-13-29-4)31(25,26)16-22-11-10-18(14-20(22)24)21(22,2)3/h6-9,18H,5,10-16H2,1-4H3. The second kappa shape index (κ2) is 9.04. The summed E-state index contributed by atoms with van der Waals surface area (Å²) < 4.78 is 61.8. The van der Waals surface area contributed by atoms with Gasteiger partial charge in [0.2, 0.25) is 10.0 Å². The first-order valence-electron chi connectivity index (χ1n) is 10.9. The molecule has 2 aliphatic rings. The van der Waals surface area contributed by atoms with Crippen LogP contribution >= 0.6 is 0 Å². The molecule has 0 aliphatic heterocycles. The Labute approximate surface area is 191 Å². The van der Waals surface area contributed by atoms with Crippen LogP contribution in [0.2, 0.25) is 0 Å². The van der Waals surface area contributed by atoms with Crippen molar-refractivity contribution in [3.05, 3.63) is 29.8 Å². The van der Waals surface area contributed by atoms with Crippen molar-refractivity contribution in [1.82, 2.24) is 4.31 Å². The van der Waals surface area contributed by atoms with E-state index >= 15 is 0 Å². The number of ether oxygens (including phenoxy) is 1. The topological polar surface area (TPSA) is 107 Å². The van der Waals surface area contributed by atoms with Crippen molar-refractivity contribution in [1.29, 1.82) is 0 Å². The minimum absolute atomic E-state index is 0.0626. The third-order valence-corrected chi connectivity index (χ3v) is 10.5. The maximum Gasteiger partial charge on any atom is 0.308 e. The zero-order valence-electron chi connectivity index (χ0n) is 19.2. The molecule has 2 aliphatic carbocycles. The monoisotopic (exact) mass is 487 g/mol. The number of ketones is 1. The van der Waals surface area contributed by atoms with Crippen LogP contribution in [-0.4, -0.2) is 58.7 Å². The van der Waals surface area contributed by atoms with Crippen LogP contribution in [0.3, 0.4) is 0 Å². The summed E-state index contributed by atoms with van der Waals surface area (Å²) >= 11 is 0. The number of sulfonamides is 1. The highest BCUT2D eigenvalue weighted by Gasteiger charge is 2.65. The van der Waals surface area contributed by atoms with Crippen LogP contribution in [0, 0.1) is 16.7 Å². The summed E-state index contributed by atoms with van der Waals surface area (Å²) in [5.74, 6) is 0.144. The zero-order valence-corrected chi connectivity index (χ0v) is 20.8. The number of carbonyl (C=O) groups is 1. The van der Waals surface area contributed by atoms with Crippen LogP contribution in [0.15, 0.2) is 24.3 Å². The van der Waals surface area contributed by atoms with Crippen molar-refractivity contribution in [2.45, 2.75) is 46.6 Å². The van der Waals surface area contributed by atoms with E-state index < -0.39 is 25.6 Å².